The summed E-state index contributed by atoms with van der Waals surface area (Å²) in [4.78, 5) is 11.8. The van der Waals surface area contributed by atoms with E-state index in [1.807, 2.05) is 31.2 Å². The molecule has 0 unspecified atom stereocenters. The number of anilines is 1. The maximum Gasteiger partial charge on any atom is 0.248 e. The molecular formula is C17H15ClFNO2. The first-order valence-corrected chi connectivity index (χ1v) is 7.13. The summed E-state index contributed by atoms with van der Waals surface area (Å²) in [5, 5.41) is 2.58. The SMILES string of the molecule is CCOc1ccc(/C=C/C(=O)Nc2ccc(F)c(Cl)c2)cc1. The molecule has 2 aromatic rings. The van der Waals surface area contributed by atoms with Crippen LogP contribution < -0.4 is 10.1 Å². The van der Waals surface area contributed by atoms with Crippen molar-refractivity contribution in [3.63, 3.8) is 0 Å². The highest BCUT2D eigenvalue weighted by molar-refractivity contribution is 6.31. The lowest BCUT2D eigenvalue weighted by atomic mass is 10.2. The fourth-order valence-corrected chi connectivity index (χ4v) is 1.95. The van der Waals surface area contributed by atoms with Gasteiger partial charge < -0.3 is 10.1 Å². The van der Waals surface area contributed by atoms with Crippen LogP contribution in [0.3, 0.4) is 0 Å². The van der Waals surface area contributed by atoms with Crippen LogP contribution >= 0.6 is 11.6 Å². The Morgan fingerprint density at radius 1 is 1.27 bits per heavy atom. The predicted octanol–water partition coefficient (Wildman–Crippen LogP) is 4.53. The largest absolute Gasteiger partial charge is 0.494 e. The molecule has 0 bridgehead atoms. The molecule has 114 valence electrons. The van der Waals surface area contributed by atoms with Crippen molar-refractivity contribution < 1.29 is 13.9 Å². The van der Waals surface area contributed by atoms with E-state index in [1.54, 1.807) is 6.08 Å². The van der Waals surface area contributed by atoms with Crippen molar-refractivity contribution in [1.29, 1.82) is 0 Å². The zero-order valence-electron chi connectivity index (χ0n) is 12.0. The number of hydrogen-bond donors (Lipinski definition) is 1. The topological polar surface area (TPSA) is 38.3 Å². The number of carbonyl (C=O) groups is 1. The molecule has 0 saturated carbocycles. The lowest BCUT2D eigenvalue weighted by Crippen LogP contribution is -2.07. The minimum atomic E-state index is -0.524. The van der Waals surface area contributed by atoms with Gasteiger partial charge in [-0.2, -0.15) is 0 Å². The lowest BCUT2D eigenvalue weighted by Gasteiger charge is -2.04. The molecule has 5 heteroatoms. The van der Waals surface area contributed by atoms with Crippen LogP contribution in [-0.2, 0) is 4.79 Å². The Labute approximate surface area is 133 Å². The fourth-order valence-electron chi connectivity index (χ4n) is 1.77. The Hall–Kier alpha value is -2.33. The number of nitrogens with one attached hydrogen (secondary N) is 1. The quantitative estimate of drug-likeness (QED) is 0.822. The molecule has 3 nitrogen and oxygen atoms in total. The lowest BCUT2D eigenvalue weighted by molar-refractivity contribution is -0.111. The van der Waals surface area contributed by atoms with Crippen molar-refractivity contribution in [2.45, 2.75) is 6.92 Å². The van der Waals surface area contributed by atoms with E-state index in [0.29, 0.717) is 12.3 Å². The number of halogens is 2. The molecule has 2 aromatic carbocycles. The van der Waals surface area contributed by atoms with Crippen LogP contribution in [0.2, 0.25) is 5.02 Å². The van der Waals surface area contributed by atoms with Gasteiger partial charge in [-0.3, -0.25) is 4.79 Å². The molecule has 2 rings (SSSR count). The van der Waals surface area contributed by atoms with Crippen molar-refractivity contribution >= 4 is 29.3 Å². The smallest absolute Gasteiger partial charge is 0.248 e. The molecule has 0 radical (unpaired) electrons. The van der Waals surface area contributed by atoms with Gasteiger partial charge in [-0.25, -0.2) is 4.39 Å². The van der Waals surface area contributed by atoms with Crippen LogP contribution in [0.1, 0.15) is 12.5 Å². The third-order valence-corrected chi connectivity index (χ3v) is 3.10. The van der Waals surface area contributed by atoms with E-state index in [0.717, 1.165) is 11.3 Å². The Bertz CT molecular complexity index is 684. The van der Waals surface area contributed by atoms with E-state index in [-0.39, 0.29) is 10.9 Å². The zero-order chi connectivity index (χ0) is 15.9. The van der Waals surface area contributed by atoms with Crippen LogP contribution in [0.25, 0.3) is 6.08 Å². The van der Waals surface area contributed by atoms with Crippen LogP contribution in [-0.4, -0.2) is 12.5 Å². The first-order chi connectivity index (χ1) is 10.6. The number of hydrogen-bond acceptors (Lipinski definition) is 2. The van der Waals surface area contributed by atoms with Gasteiger partial charge in [-0.05, 0) is 48.9 Å². The summed E-state index contributed by atoms with van der Waals surface area (Å²) in [7, 11) is 0. The van der Waals surface area contributed by atoms with Gasteiger partial charge >= 0.3 is 0 Å². The summed E-state index contributed by atoms with van der Waals surface area (Å²) in [5.41, 5.74) is 1.31. The number of amides is 1. The molecule has 0 heterocycles. The van der Waals surface area contributed by atoms with E-state index in [1.165, 1.54) is 24.3 Å². The summed E-state index contributed by atoms with van der Waals surface area (Å²) < 4.78 is 18.4. The van der Waals surface area contributed by atoms with Gasteiger partial charge in [0.25, 0.3) is 0 Å². The van der Waals surface area contributed by atoms with E-state index < -0.39 is 5.82 Å². The number of ether oxygens (including phenoxy) is 1. The molecule has 22 heavy (non-hydrogen) atoms. The molecule has 1 amide bonds. The zero-order valence-corrected chi connectivity index (χ0v) is 12.7. The van der Waals surface area contributed by atoms with Gasteiger partial charge in [0.2, 0.25) is 5.91 Å². The van der Waals surface area contributed by atoms with Crippen molar-refractivity contribution in [2.24, 2.45) is 0 Å². The predicted molar refractivity (Wildman–Crippen MR) is 86.7 cm³/mol. The summed E-state index contributed by atoms with van der Waals surface area (Å²) >= 11 is 5.65. The Morgan fingerprint density at radius 2 is 2.00 bits per heavy atom. The van der Waals surface area contributed by atoms with E-state index in [2.05, 4.69) is 5.32 Å². The van der Waals surface area contributed by atoms with E-state index in [9.17, 15) is 9.18 Å². The van der Waals surface area contributed by atoms with Crippen LogP contribution in [0.5, 0.6) is 5.75 Å². The van der Waals surface area contributed by atoms with Gasteiger partial charge in [0.15, 0.2) is 0 Å². The van der Waals surface area contributed by atoms with Gasteiger partial charge in [0.05, 0.1) is 11.6 Å². The highest BCUT2D eigenvalue weighted by atomic mass is 35.5. The number of carbonyl (C=O) groups excluding carboxylic acids is 1. The standard InChI is InChI=1S/C17H15ClFNO2/c1-2-22-14-7-3-12(4-8-14)5-10-17(21)20-13-6-9-16(19)15(18)11-13/h3-11H,2H2,1H3,(H,20,21)/b10-5+. The first-order valence-electron chi connectivity index (χ1n) is 6.75. The first kappa shape index (κ1) is 16.0. The minimum Gasteiger partial charge on any atom is -0.494 e. The van der Waals surface area contributed by atoms with Crippen LogP contribution in [0, 0.1) is 5.82 Å². The number of benzene rings is 2. The average molecular weight is 320 g/mol. The second-order valence-corrected chi connectivity index (χ2v) is 4.86. The molecule has 0 atom stereocenters. The molecule has 1 N–H and O–H groups in total. The van der Waals surface area contributed by atoms with Crippen LogP contribution in [0.15, 0.2) is 48.5 Å². The van der Waals surface area contributed by atoms with Gasteiger partial charge in [0, 0.05) is 11.8 Å². The monoisotopic (exact) mass is 319 g/mol. The molecule has 0 spiro atoms. The average Bonchev–Trinajstić information content (AvgIpc) is 2.51. The van der Waals surface area contributed by atoms with E-state index >= 15 is 0 Å². The molecule has 0 aliphatic rings. The van der Waals surface area contributed by atoms with Gasteiger partial charge in [0.1, 0.15) is 11.6 Å². The second-order valence-electron chi connectivity index (χ2n) is 4.45. The molecule has 0 fully saturated rings. The Kier molecular flexibility index (Phi) is 5.55. The third-order valence-electron chi connectivity index (χ3n) is 2.81. The summed E-state index contributed by atoms with van der Waals surface area (Å²) in [6.07, 6.45) is 3.07. The van der Waals surface area contributed by atoms with Crippen molar-refractivity contribution in [1.82, 2.24) is 0 Å². The highest BCUT2D eigenvalue weighted by Gasteiger charge is 2.03. The molecule has 0 saturated heterocycles. The molecule has 0 aliphatic carbocycles. The molecule has 0 aromatic heterocycles. The normalized spacial score (nSPS) is 10.7. The van der Waals surface area contributed by atoms with Crippen molar-refractivity contribution in [3.8, 4) is 5.75 Å². The molecular weight excluding hydrogens is 305 g/mol. The summed E-state index contributed by atoms with van der Waals surface area (Å²) in [5.74, 6) is -0.0637. The van der Waals surface area contributed by atoms with Gasteiger partial charge in [-0.15, -0.1) is 0 Å². The Morgan fingerprint density at radius 3 is 2.64 bits per heavy atom. The number of rotatable bonds is 5. The van der Waals surface area contributed by atoms with E-state index in [4.69, 9.17) is 16.3 Å². The highest BCUT2D eigenvalue weighted by Crippen LogP contribution is 2.19. The Balaban J connectivity index is 1.97. The van der Waals surface area contributed by atoms with Crippen molar-refractivity contribution in [3.05, 3.63) is 64.9 Å². The van der Waals surface area contributed by atoms with Gasteiger partial charge in [-0.1, -0.05) is 23.7 Å². The fraction of sp³-hybridized carbons (Fsp3) is 0.118. The third kappa shape index (κ3) is 4.60. The second kappa shape index (κ2) is 7.61. The van der Waals surface area contributed by atoms with Crippen LogP contribution in [0.4, 0.5) is 10.1 Å². The maximum absolute atomic E-state index is 13.0. The minimum absolute atomic E-state index is 0.0340. The maximum atomic E-state index is 13.0. The summed E-state index contributed by atoms with van der Waals surface area (Å²) in [6, 6.07) is 11.4. The summed E-state index contributed by atoms with van der Waals surface area (Å²) in [6.45, 7) is 2.53. The van der Waals surface area contributed by atoms with Crippen molar-refractivity contribution in [2.75, 3.05) is 11.9 Å². The molecule has 0 aliphatic heterocycles.